The Balaban J connectivity index is 1.77. The lowest BCUT2D eigenvalue weighted by Crippen LogP contribution is -2.11. The minimum Gasteiger partial charge on any atom is -0.335 e. The summed E-state index contributed by atoms with van der Waals surface area (Å²) >= 11 is 13.4. The molecule has 0 aliphatic heterocycles. The topological polar surface area (TPSA) is 56.7 Å². The van der Waals surface area contributed by atoms with Crippen LogP contribution in [0, 0.1) is 0 Å². The zero-order chi connectivity index (χ0) is 15.5. The van der Waals surface area contributed by atoms with Gasteiger partial charge in [0.1, 0.15) is 0 Å². The Morgan fingerprint density at radius 3 is 2.50 bits per heavy atom. The monoisotopic (exact) mass is 350 g/mol. The van der Waals surface area contributed by atoms with Crippen LogP contribution in [0.25, 0.3) is 11.4 Å². The van der Waals surface area contributed by atoms with Crippen LogP contribution < -0.4 is 5.84 Å². The molecule has 0 aliphatic rings. The number of aromatic nitrogens is 3. The number of thioether (sulfide) groups is 1. The number of nitrogens with zero attached hydrogens (tertiary/aromatic N) is 3. The van der Waals surface area contributed by atoms with Crippen molar-refractivity contribution >= 4 is 35.0 Å². The molecule has 2 aromatic carbocycles. The first-order chi connectivity index (χ1) is 10.6. The van der Waals surface area contributed by atoms with Crippen LogP contribution in [0.3, 0.4) is 0 Å². The molecule has 0 aliphatic carbocycles. The Morgan fingerprint density at radius 1 is 1.00 bits per heavy atom. The van der Waals surface area contributed by atoms with E-state index in [0.717, 1.165) is 16.9 Å². The molecule has 0 amide bonds. The van der Waals surface area contributed by atoms with Crippen LogP contribution >= 0.6 is 35.0 Å². The molecule has 0 atom stereocenters. The second kappa shape index (κ2) is 6.60. The first-order valence-electron chi connectivity index (χ1n) is 6.47. The molecule has 3 aromatic rings. The van der Waals surface area contributed by atoms with E-state index in [1.54, 1.807) is 12.1 Å². The second-order valence-corrected chi connectivity index (χ2v) is 6.42. The van der Waals surface area contributed by atoms with Crippen molar-refractivity contribution in [3.05, 3.63) is 64.1 Å². The van der Waals surface area contributed by atoms with Gasteiger partial charge in [0.25, 0.3) is 0 Å². The molecule has 0 unspecified atom stereocenters. The van der Waals surface area contributed by atoms with Crippen molar-refractivity contribution in [1.82, 2.24) is 14.9 Å². The summed E-state index contributed by atoms with van der Waals surface area (Å²) in [4.78, 5) is 0. The molecule has 1 heterocycles. The van der Waals surface area contributed by atoms with E-state index in [-0.39, 0.29) is 0 Å². The summed E-state index contributed by atoms with van der Waals surface area (Å²) in [7, 11) is 0. The lowest BCUT2D eigenvalue weighted by atomic mass is 10.2. The van der Waals surface area contributed by atoms with Gasteiger partial charge < -0.3 is 5.84 Å². The SMILES string of the molecule is Nn1c(SCc2cccc(Cl)c2)nnc1-c1ccc(Cl)cc1. The number of hydrogen-bond acceptors (Lipinski definition) is 4. The van der Waals surface area contributed by atoms with Crippen LogP contribution in [-0.2, 0) is 5.75 Å². The van der Waals surface area contributed by atoms with E-state index in [0.29, 0.717) is 21.0 Å². The number of halogens is 2. The fourth-order valence-electron chi connectivity index (χ4n) is 1.95. The fraction of sp³-hybridized carbons (Fsp3) is 0.0667. The van der Waals surface area contributed by atoms with Gasteiger partial charge in [-0.2, -0.15) is 0 Å². The molecule has 22 heavy (non-hydrogen) atoms. The number of nitrogens with two attached hydrogens (primary N) is 1. The third-order valence-corrected chi connectivity index (χ3v) is 4.53. The van der Waals surface area contributed by atoms with Crippen LogP contribution in [0.1, 0.15) is 5.56 Å². The fourth-order valence-corrected chi connectivity index (χ4v) is 3.08. The van der Waals surface area contributed by atoms with Crippen LogP contribution in [0.15, 0.2) is 53.7 Å². The van der Waals surface area contributed by atoms with Crippen molar-refractivity contribution in [2.24, 2.45) is 0 Å². The third-order valence-electron chi connectivity index (χ3n) is 3.02. The van der Waals surface area contributed by atoms with E-state index in [2.05, 4.69) is 10.2 Å². The Bertz CT molecular complexity index is 786. The predicted molar refractivity (Wildman–Crippen MR) is 91.6 cm³/mol. The smallest absolute Gasteiger partial charge is 0.210 e. The molecule has 0 spiro atoms. The van der Waals surface area contributed by atoms with Gasteiger partial charge in [-0.25, -0.2) is 4.68 Å². The molecular weight excluding hydrogens is 339 g/mol. The van der Waals surface area contributed by atoms with Crippen LogP contribution in [0.2, 0.25) is 10.0 Å². The van der Waals surface area contributed by atoms with Crippen molar-refractivity contribution in [1.29, 1.82) is 0 Å². The van der Waals surface area contributed by atoms with Crippen molar-refractivity contribution < 1.29 is 0 Å². The maximum absolute atomic E-state index is 6.08. The zero-order valence-electron chi connectivity index (χ0n) is 11.4. The highest BCUT2D eigenvalue weighted by Crippen LogP contribution is 2.25. The summed E-state index contributed by atoms with van der Waals surface area (Å²) in [5.41, 5.74) is 1.97. The second-order valence-electron chi connectivity index (χ2n) is 4.60. The Kier molecular flexibility index (Phi) is 4.57. The van der Waals surface area contributed by atoms with Gasteiger partial charge >= 0.3 is 0 Å². The lowest BCUT2D eigenvalue weighted by molar-refractivity contribution is 0.849. The van der Waals surface area contributed by atoms with E-state index in [1.807, 2.05) is 36.4 Å². The summed E-state index contributed by atoms with van der Waals surface area (Å²) in [5.74, 6) is 7.40. The van der Waals surface area contributed by atoms with Crippen LogP contribution in [0.4, 0.5) is 0 Å². The summed E-state index contributed by atoms with van der Waals surface area (Å²) in [6, 6.07) is 15.0. The highest BCUT2D eigenvalue weighted by molar-refractivity contribution is 7.98. The molecular formula is C15H12Cl2N4S. The molecule has 0 fully saturated rings. The molecule has 4 nitrogen and oxygen atoms in total. The minimum absolute atomic E-state index is 0.602. The molecule has 0 bridgehead atoms. The van der Waals surface area contributed by atoms with Gasteiger partial charge in [0.15, 0.2) is 5.82 Å². The molecule has 2 N–H and O–H groups in total. The number of nitrogen functional groups attached to an aromatic ring is 1. The first kappa shape index (κ1) is 15.2. The molecule has 7 heteroatoms. The highest BCUT2D eigenvalue weighted by Gasteiger charge is 2.12. The normalized spacial score (nSPS) is 10.8. The van der Waals surface area contributed by atoms with Gasteiger partial charge in [-0.15, -0.1) is 10.2 Å². The number of rotatable bonds is 4. The first-order valence-corrected chi connectivity index (χ1v) is 8.21. The van der Waals surface area contributed by atoms with Gasteiger partial charge in [-0.1, -0.05) is 47.1 Å². The van der Waals surface area contributed by atoms with E-state index in [9.17, 15) is 0 Å². The van der Waals surface area contributed by atoms with Gasteiger partial charge in [-0.3, -0.25) is 0 Å². The van der Waals surface area contributed by atoms with Crippen molar-refractivity contribution in [2.75, 3.05) is 5.84 Å². The molecule has 0 radical (unpaired) electrons. The van der Waals surface area contributed by atoms with E-state index in [4.69, 9.17) is 29.0 Å². The summed E-state index contributed by atoms with van der Waals surface area (Å²) < 4.78 is 1.48. The molecule has 0 saturated carbocycles. The Hall–Kier alpha value is -1.69. The van der Waals surface area contributed by atoms with Crippen molar-refractivity contribution in [3.8, 4) is 11.4 Å². The number of hydrogen-bond donors (Lipinski definition) is 1. The van der Waals surface area contributed by atoms with Gasteiger partial charge in [0.2, 0.25) is 5.16 Å². The average Bonchev–Trinajstić information content (AvgIpc) is 2.87. The van der Waals surface area contributed by atoms with Crippen molar-refractivity contribution in [3.63, 3.8) is 0 Å². The van der Waals surface area contributed by atoms with E-state index >= 15 is 0 Å². The minimum atomic E-state index is 0.602. The maximum atomic E-state index is 6.08. The van der Waals surface area contributed by atoms with Crippen LogP contribution in [-0.4, -0.2) is 14.9 Å². The Morgan fingerprint density at radius 2 is 1.77 bits per heavy atom. The summed E-state index contributed by atoms with van der Waals surface area (Å²) in [6.45, 7) is 0. The molecule has 1 aromatic heterocycles. The Labute approximate surface area is 142 Å². The average molecular weight is 351 g/mol. The van der Waals surface area contributed by atoms with E-state index in [1.165, 1.54) is 16.4 Å². The third kappa shape index (κ3) is 3.38. The molecule has 0 saturated heterocycles. The van der Waals surface area contributed by atoms with Gasteiger partial charge in [0, 0.05) is 21.4 Å². The zero-order valence-corrected chi connectivity index (χ0v) is 13.7. The van der Waals surface area contributed by atoms with E-state index < -0.39 is 0 Å². The molecule has 3 rings (SSSR count). The quantitative estimate of drug-likeness (QED) is 0.564. The van der Waals surface area contributed by atoms with Crippen molar-refractivity contribution in [2.45, 2.75) is 10.9 Å². The van der Waals surface area contributed by atoms with Gasteiger partial charge in [-0.05, 0) is 42.0 Å². The lowest BCUT2D eigenvalue weighted by Gasteiger charge is -2.04. The standard InChI is InChI=1S/C15H12Cl2N4S/c16-12-6-4-11(5-7-12)14-19-20-15(21(14)18)22-9-10-2-1-3-13(17)8-10/h1-8H,9,18H2. The number of benzene rings is 2. The summed E-state index contributed by atoms with van der Waals surface area (Å²) in [6.07, 6.45) is 0. The maximum Gasteiger partial charge on any atom is 0.210 e. The molecule has 112 valence electrons. The predicted octanol–water partition coefficient (Wildman–Crippen LogP) is 4.26. The van der Waals surface area contributed by atoms with Gasteiger partial charge in [0.05, 0.1) is 0 Å². The largest absolute Gasteiger partial charge is 0.335 e. The highest BCUT2D eigenvalue weighted by atomic mass is 35.5. The van der Waals surface area contributed by atoms with Crippen LogP contribution in [0.5, 0.6) is 0 Å². The summed E-state index contributed by atoms with van der Waals surface area (Å²) in [5, 5.41) is 10.3.